The predicted molar refractivity (Wildman–Crippen MR) is 165 cm³/mol. The molecule has 234 valence electrons. The first-order valence-electron chi connectivity index (χ1n) is 14.0. The topological polar surface area (TPSA) is 133 Å². The lowest BCUT2D eigenvalue weighted by atomic mass is 9.75. The minimum Gasteiger partial charge on any atom is -0.465 e. The van der Waals surface area contributed by atoms with Gasteiger partial charge >= 0.3 is 12.6 Å². The molecule has 0 saturated carbocycles. The molecule has 1 aliphatic rings. The number of hydrogen-bond acceptors (Lipinski definition) is 6. The summed E-state index contributed by atoms with van der Waals surface area (Å²) >= 11 is 6.50. The van der Waals surface area contributed by atoms with E-state index in [0.29, 0.717) is 43.2 Å². The average Bonchev–Trinajstić information content (AvgIpc) is 3.59. The van der Waals surface area contributed by atoms with Crippen molar-refractivity contribution in [2.24, 2.45) is 10.4 Å². The highest BCUT2D eigenvalue weighted by molar-refractivity contribution is 6.33. The van der Waals surface area contributed by atoms with Crippen LogP contribution in [0.4, 0.5) is 13.6 Å². The number of alkyl halides is 2. The number of aromatic nitrogens is 3. The van der Waals surface area contributed by atoms with E-state index in [0.717, 1.165) is 0 Å². The third kappa shape index (κ3) is 6.43. The van der Waals surface area contributed by atoms with Gasteiger partial charge in [-0.1, -0.05) is 68.8 Å². The van der Waals surface area contributed by atoms with Gasteiger partial charge in [0.05, 0.1) is 24.5 Å². The van der Waals surface area contributed by atoms with Gasteiger partial charge in [0.1, 0.15) is 0 Å². The second kappa shape index (κ2) is 12.4. The molecule has 4 aromatic rings. The van der Waals surface area contributed by atoms with Crippen LogP contribution in [0.5, 0.6) is 0 Å². The highest BCUT2D eigenvalue weighted by atomic mass is 35.5. The standard InChI is InChI=1S/C32H31ClF2N6O4/c1-31(2,3)18-32(22-10-7-19(8-11-22)21-15-37-40(16-21)28(34)35)27(43)41(29(39-32)38-30(44)45)26(17-42)20-9-12-24(33)23(14-20)25-6-4-5-13-36-25/h4-16,26,28,42H,17-18H2,1-3H3,(H,38,39)(H,44,45)/t26-,32?/m1/s1. The molecule has 2 amide bonds. The van der Waals surface area contributed by atoms with E-state index < -0.39 is 42.2 Å². The highest BCUT2D eigenvalue weighted by Crippen LogP contribution is 2.45. The maximum Gasteiger partial charge on any atom is 0.411 e. The number of hydrogen-bond donors (Lipinski definition) is 3. The van der Waals surface area contributed by atoms with Crippen molar-refractivity contribution in [2.75, 3.05) is 6.61 Å². The molecule has 13 heteroatoms. The zero-order valence-corrected chi connectivity index (χ0v) is 25.4. The quantitative estimate of drug-likeness (QED) is 0.202. The molecule has 0 aliphatic carbocycles. The molecule has 3 heterocycles. The van der Waals surface area contributed by atoms with E-state index in [2.05, 4.69) is 15.4 Å². The Morgan fingerprint density at radius 3 is 2.40 bits per heavy atom. The van der Waals surface area contributed by atoms with Gasteiger partial charge in [-0.15, -0.1) is 0 Å². The molecule has 0 spiro atoms. The van der Waals surface area contributed by atoms with Gasteiger partial charge in [-0.3, -0.25) is 20.0 Å². The van der Waals surface area contributed by atoms with Gasteiger partial charge in [-0.05, 0) is 52.8 Å². The lowest BCUT2D eigenvalue weighted by Gasteiger charge is -2.34. The fraction of sp³-hybridized carbons (Fsp3) is 0.281. The summed E-state index contributed by atoms with van der Waals surface area (Å²) in [6.07, 6.45) is 2.90. The summed E-state index contributed by atoms with van der Waals surface area (Å²) in [5, 5.41) is 26.8. The number of halogens is 3. The van der Waals surface area contributed by atoms with E-state index in [1.165, 1.54) is 17.3 Å². The number of guanidine groups is 1. The molecule has 2 aromatic carbocycles. The van der Waals surface area contributed by atoms with Crippen LogP contribution in [-0.4, -0.2) is 54.4 Å². The van der Waals surface area contributed by atoms with Gasteiger partial charge in [0.2, 0.25) is 5.96 Å². The summed E-state index contributed by atoms with van der Waals surface area (Å²) in [7, 11) is 0. The second-order valence-electron chi connectivity index (χ2n) is 11.9. The number of aliphatic imine (C=N–C) groups is 1. The lowest BCUT2D eigenvalue weighted by molar-refractivity contribution is -0.135. The van der Waals surface area contributed by atoms with Gasteiger partial charge in [0.25, 0.3) is 5.91 Å². The Balaban J connectivity index is 1.61. The molecule has 0 fully saturated rings. The van der Waals surface area contributed by atoms with Crippen molar-refractivity contribution >= 4 is 29.6 Å². The normalized spacial score (nSPS) is 17.5. The minimum absolute atomic E-state index is 0.181. The van der Waals surface area contributed by atoms with Crippen LogP contribution in [0.25, 0.3) is 22.4 Å². The Hall–Kier alpha value is -4.68. The van der Waals surface area contributed by atoms with Crippen molar-refractivity contribution in [3.63, 3.8) is 0 Å². The molecule has 10 nitrogen and oxygen atoms in total. The van der Waals surface area contributed by atoms with E-state index in [-0.39, 0.29) is 12.4 Å². The van der Waals surface area contributed by atoms with Crippen LogP contribution >= 0.6 is 11.6 Å². The molecule has 45 heavy (non-hydrogen) atoms. The maximum atomic E-state index is 14.7. The number of aliphatic hydroxyl groups excluding tert-OH is 1. The van der Waals surface area contributed by atoms with Gasteiger partial charge in [-0.25, -0.2) is 14.5 Å². The number of nitrogens with zero attached hydrogens (tertiary/aromatic N) is 5. The van der Waals surface area contributed by atoms with Crippen LogP contribution in [0, 0.1) is 5.41 Å². The van der Waals surface area contributed by atoms with Crippen molar-refractivity contribution in [3.05, 3.63) is 95.4 Å². The van der Waals surface area contributed by atoms with Crippen LogP contribution < -0.4 is 5.32 Å². The zero-order chi connectivity index (χ0) is 32.5. The Bertz CT molecular complexity index is 1740. The third-order valence-electron chi connectivity index (χ3n) is 7.40. The third-order valence-corrected chi connectivity index (χ3v) is 7.73. The first kappa shape index (κ1) is 31.7. The van der Waals surface area contributed by atoms with Crippen molar-refractivity contribution in [3.8, 4) is 22.4 Å². The van der Waals surface area contributed by atoms with Crippen LogP contribution in [0.2, 0.25) is 5.02 Å². The lowest BCUT2D eigenvalue weighted by Crippen LogP contribution is -2.49. The van der Waals surface area contributed by atoms with Crippen LogP contribution in [0.1, 0.15) is 50.9 Å². The Morgan fingerprint density at radius 2 is 1.82 bits per heavy atom. The number of pyridine rings is 1. The van der Waals surface area contributed by atoms with Gasteiger partial charge < -0.3 is 10.2 Å². The first-order chi connectivity index (χ1) is 21.3. The second-order valence-corrected chi connectivity index (χ2v) is 12.3. The monoisotopic (exact) mass is 636 g/mol. The van der Waals surface area contributed by atoms with Crippen molar-refractivity contribution in [1.29, 1.82) is 0 Å². The fourth-order valence-corrected chi connectivity index (χ4v) is 5.77. The Morgan fingerprint density at radius 1 is 1.09 bits per heavy atom. The largest absolute Gasteiger partial charge is 0.465 e. The van der Waals surface area contributed by atoms with Crippen LogP contribution in [0.3, 0.4) is 0 Å². The number of nitrogens with one attached hydrogen (secondary N) is 1. The van der Waals surface area contributed by atoms with Gasteiger partial charge in [-0.2, -0.15) is 13.9 Å². The van der Waals surface area contributed by atoms with E-state index in [1.54, 1.807) is 66.9 Å². The summed E-state index contributed by atoms with van der Waals surface area (Å²) in [5.74, 6) is -0.791. The van der Waals surface area contributed by atoms with E-state index in [1.807, 2.05) is 20.8 Å². The fourth-order valence-electron chi connectivity index (χ4n) is 5.56. The van der Waals surface area contributed by atoms with Crippen molar-refractivity contribution < 1.29 is 28.6 Å². The smallest absolute Gasteiger partial charge is 0.411 e. The number of carbonyl (C=O) groups excluding carboxylic acids is 1. The van der Waals surface area contributed by atoms with E-state index >= 15 is 0 Å². The van der Waals surface area contributed by atoms with Crippen molar-refractivity contribution in [2.45, 2.75) is 45.3 Å². The number of rotatable bonds is 8. The molecule has 0 bridgehead atoms. The molecule has 2 atom stereocenters. The molecule has 5 rings (SSSR count). The molecule has 3 N–H and O–H groups in total. The Labute approximate surface area is 263 Å². The Kier molecular flexibility index (Phi) is 8.72. The van der Waals surface area contributed by atoms with E-state index in [9.17, 15) is 28.6 Å². The van der Waals surface area contributed by atoms with Crippen molar-refractivity contribution in [1.82, 2.24) is 25.0 Å². The van der Waals surface area contributed by atoms with Crippen LogP contribution in [-0.2, 0) is 10.3 Å². The van der Waals surface area contributed by atoms with Gasteiger partial charge in [0, 0.05) is 28.5 Å². The van der Waals surface area contributed by atoms with E-state index in [4.69, 9.17) is 16.6 Å². The summed E-state index contributed by atoms with van der Waals surface area (Å²) in [6, 6.07) is 16.0. The molecule has 2 aromatic heterocycles. The molecule has 1 unspecified atom stereocenters. The van der Waals surface area contributed by atoms with Gasteiger partial charge in [0.15, 0.2) is 5.54 Å². The SMILES string of the molecule is CC(C)(C)CC1(c2ccc(-c3cnn(C(F)F)c3)cc2)N=C(NC(=O)O)N([C@H](CO)c2ccc(Cl)c(-c3ccccn3)c2)C1=O. The molecular weight excluding hydrogens is 606 g/mol. The average molecular weight is 637 g/mol. The number of benzene rings is 2. The summed E-state index contributed by atoms with van der Waals surface area (Å²) < 4.78 is 26.7. The highest BCUT2D eigenvalue weighted by Gasteiger charge is 2.53. The number of aliphatic hydroxyl groups is 1. The molecule has 0 radical (unpaired) electrons. The summed E-state index contributed by atoms with van der Waals surface area (Å²) in [6.45, 7) is 2.44. The number of carboxylic acid groups (broad SMARTS) is 1. The molecular formula is C32H31ClF2N6O4. The summed E-state index contributed by atoms with van der Waals surface area (Å²) in [4.78, 5) is 36.9. The van der Waals surface area contributed by atoms with Crippen LogP contribution in [0.15, 0.2) is 84.2 Å². The minimum atomic E-state index is -2.79. The molecule has 1 aliphatic heterocycles. The zero-order valence-electron chi connectivity index (χ0n) is 24.7. The number of amides is 2. The predicted octanol–water partition coefficient (Wildman–Crippen LogP) is 6.49. The maximum absolute atomic E-state index is 14.7. The summed E-state index contributed by atoms with van der Waals surface area (Å²) in [5.41, 5.74) is 1.07. The number of carbonyl (C=O) groups is 2. The molecule has 0 saturated heterocycles. The first-order valence-corrected chi connectivity index (χ1v) is 14.4.